The summed E-state index contributed by atoms with van der Waals surface area (Å²) in [6.07, 6.45) is 6.66. The molecule has 2 aromatic heterocycles. The number of fused-ring (bicyclic) bond motifs is 1. The molecule has 2 aromatic rings. The highest BCUT2D eigenvalue weighted by molar-refractivity contribution is 5.97. The Morgan fingerprint density at radius 2 is 2.24 bits per heavy atom. The number of carboxylic acids is 1. The van der Waals surface area contributed by atoms with Crippen molar-refractivity contribution < 1.29 is 14.6 Å². The van der Waals surface area contributed by atoms with Gasteiger partial charge in [0.15, 0.2) is 0 Å². The summed E-state index contributed by atoms with van der Waals surface area (Å²) in [4.78, 5) is 11.6. The van der Waals surface area contributed by atoms with Crippen molar-refractivity contribution in [1.29, 1.82) is 0 Å². The number of aromatic nitrogens is 4. The van der Waals surface area contributed by atoms with E-state index in [4.69, 9.17) is 4.74 Å². The first-order chi connectivity index (χ1) is 10.1. The average molecular weight is 288 g/mol. The first-order valence-electron chi connectivity index (χ1n) is 7.19. The second-order valence-electron chi connectivity index (χ2n) is 5.71. The van der Waals surface area contributed by atoms with Crippen molar-refractivity contribution in [2.75, 3.05) is 0 Å². The first-order valence-corrected chi connectivity index (χ1v) is 7.19. The summed E-state index contributed by atoms with van der Waals surface area (Å²) in [5.74, 6) is -0.657. The zero-order valence-electron chi connectivity index (χ0n) is 11.7. The molecule has 2 aliphatic rings. The van der Waals surface area contributed by atoms with Gasteiger partial charge in [0, 0.05) is 24.7 Å². The third kappa shape index (κ3) is 2.00. The van der Waals surface area contributed by atoms with E-state index in [2.05, 4.69) is 10.2 Å². The van der Waals surface area contributed by atoms with Crippen LogP contribution in [0.2, 0.25) is 0 Å². The van der Waals surface area contributed by atoms with Crippen LogP contribution in [-0.4, -0.2) is 36.7 Å². The van der Waals surface area contributed by atoms with Gasteiger partial charge in [-0.1, -0.05) is 0 Å². The Morgan fingerprint density at radius 3 is 2.95 bits per heavy atom. The van der Waals surface area contributed by atoms with E-state index >= 15 is 0 Å². The number of aromatic carboxylic acids is 1. The summed E-state index contributed by atoms with van der Waals surface area (Å²) in [7, 11) is 0. The number of ether oxygens (including phenoxy) is 1. The topological polar surface area (TPSA) is 82.2 Å². The van der Waals surface area contributed by atoms with Crippen LogP contribution in [0.5, 0.6) is 5.88 Å². The van der Waals surface area contributed by atoms with Crippen molar-refractivity contribution >= 4 is 5.97 Å². The lowest BCUT2D eigenvalue weighted by Gasteiger charge is -2.21. The fourth-order valence-electron chi connectivity index (χ4n) is 2.67. The zero-order valence-corrected chi connectivity index (χ0v) is 11.7. The maximum atomic E-state index is 11.6. The molecule has 1 aliphatic carbocycles. The van der Waals surface area contributed by atoms with Crippen LogP contribution in [0.4, 0.5) is 0 Å². The lowest BCUT2D eigenvalue weighted by Crippen LogP contribution is -2.24. The maximum Gasteiger partial charge on any atom is 0.343 e. The van der Waals surface area contributed by atoms with Crippen LogP contribution in [-0.2, 0) is 6.54 Å². The van der Waals surface area contributed by atoms with Crippen LogP contribution in [0.1, 0.15) is 42.6 Å². The highest BCUT2D eigenvalue weighted by Crippen LogP contribution is 2.37. The van der Waals surface area contributed by atoms with Gasteiger partial charge in [0.25, 0.3) is 0 Å². The fourth-order valence-corrected chi connectivity index (χ4v) is 2.67. The van der Waals surface area contributed by atoms with E-state index in [0.29, 0.717) is 24.2 Å². The van der Waals surface area contributed by atoms with Crippen molar-refractivity contribution in [2.45, 2.75) is 44.9 Å². The summed E-state index contributed by atoms with van der Waals surface area (Å²) < 4.78 is 9.22. The molecule has 21 heavy (non-hydrogen) atoms. The Labute approximate surface area is 121 Å². The highest BCUT2D eigenvalue weighted by Gasteiger charge is 2.31. The number of rotatable bonds is 3. The van der Waals surface area contributed by atoms with Gasteiger partial charge in [0.1, 0.15) is 11.3 Å². The van der Waals surface area contributed by atoms with Gasteiger partial charge in [0.05, 0.1) is 18.3 Å². The molecule has 1 fully saturated rings. The molecule has 0 saturated heterocycles. The normalized spacial score (nSPS) is 20.9. The molecule has 1 aliphatic heterocycles. The second kappa shape index (κ2) is 4.34. The third-order valence-electron chi connectivity index (χ3n) is 3.98. The van der Waals surface area contributed by atoms with E-state index in [9.17, 15) is 9.90 Å². The summed E-state index contributed by atoms with van der Waals surface area (Å²) in [6.45, 7) is 2.61. The summed E-state index contributed by atoms with van der Waals surface area (Å²) in [5, 5.41) is 18.3. The lowest BCUT2D eigenvalue weighted by atomic mass is 10.1. The largest absolute Gasteiger partial charge is 0.477 e. The predicted octanol–water partition coefficient (Wildman–Crippen LogP) is 1.95. The van der Waals surface area contributed by atoms with E-state index in [1.165, 1.54) is 0 Å². The van der Waals surface area contributed by atoms with Crippen LogP contribution in [0, 0.1) is 0 Å². The van der Waals surface area contributed by atoms with Crippen molar-refractivity contribution in [3.05, 3.63) is 18.0 Å². The van der Waals surface area contributed by atoms with Crippen LogP contribution < -0.4 is 4.74 Å². The molecule has 1 saturated carbocycles. The smallest absolute Gasteiger partial charge is 0.343 e. The molecular formula is C14H16N4O3. The number of carbonyl (C=O) groups is 1. The molecule has 0 unspecified atom stereocenters. The van der Waals surface area contributed by atoms with Crippen molar-refractivity contribution in [1.82, 2.24) is 19.6 Å². The van der Waals surface area contributed by atoms with Crippen LogP contribution in [0.15, 0.2) is 12.4 Å². The molecule has 4 rings (SSSR count). The Balaban J connectivity index is 1.81. The SMILES string of the molecule is C[C@@H]1CCn2nc(-c3cnn(C4CC4)c3)c(C(=O)O)c2O1. The van der Waals surface area contributed by atoms with Gasteiger partial charge in [-0.15, -0.1) is 0 Å². The zero-order chi connectivity index (χ0) is 14.6. The van der Waals surface area contributed by atoms with Gasteiger partial charge >= 0.3 is 5.97 Å². The molecule has 1 N–H and O–H groups in total. The first kappa shape index (κ1) is 12.4. The molecule has 0 radical (unpaired) electrons. The predicted molar refractivity (Wildman–Crippen MR) is 73.4 cm³/mol. The minimum atomic E-state index is -1.01. The summed E-state index contributed by atoms with van der Waals surface area (Å²) in [5.41, 5.74) is 1.31. The number of carboxylic acid groups (broad SMARTS) is 1. The number of nitrogens with zero attached hydrogens (tertiary/aromatic N) is 4. The van der Waals surface area contributed by atoms with Crippen LogP contribution >= 0.6 is 0 Å². The molecule has 7 heteroatoms. The average Bonchev–Trinajstić information content (AvgIpc) is 3.05. The molecule has 0 aromatic carbocycles. The third-order valence-corrected chi connectivity index (χ3v) is 3.98. The van der Waals surface area contributed by atoms with Gasteiger partial charge < -0.3 is 9.84 Å². The van der Waals surface area contributed by atoms with Gasteiger partial charge in [-0.25, -0.2) is 9.48 Å². The molecule has 3 heterocycles. The number of hydrogen-bond acceptors (Lipinski definition) is 4. The van der Waals surface area contributed by atoms with Gasteiger partial charge in [-0.2, -0.15) is 10.2 Å². The molecule has 0 amide bonds. The van der Waals surface area contributed by atoms with Crippen molar-refractivity contribution in [2.24, 2.45) is 0 Å². The highest BCUT2D eigenvalue weighted by atomic mass is 16.5. The maximum absolute atomic E-state index is 11.6. The lowest BCUT2D eigenvalue weighted by molar-refractivity contribution is 0.0684. The standard InChI is InChI=1S/C14H16N4O3/c1-8-4-5-17-13(21-8)11(14(19)20)12(16-17)9-6-15-18(7-9)10-2-3-10/h6-8,10H,2-5H2,1H3,(H,19,20)/t8-/m1/s1. The monoisotopic (exact) mass is 288 g/mol. The van der Waals surface area contributed by atoms with E-state index in [1.54, 1.807) is 10.9 Å². The molecule has 7 nitrogen and oxygen atoms in total. The van der Waals surface area contributed by atoms with Gasteiger partial charge in [-0.05, 0) is 19.8 Å². The number of hydrogen-bond donors (Lipinski definition) is 1. The minimum Gasteiger partial charge on any atom is -0.477 e. The second-order valence-corrected chi connectivity index (χ2v) is 5.71. The van der Waals surface area contributed by atoms with Gasteiger partial charge in [0.2, 0.25) is 5.88 Å². The minimum absolute atomic E-state index is 0.00865. The molecular weight excluding hydrogens is 272 g/mol. The molecule has 1 atom stereocenters. The summed E-state index contributed by atoms with van der Waals surface area (Å²) in [6, 6.07) is 0.459. The Hall–Kier alpha value is -2.31. The molecule has 110 valence electrons. The van der Waals surface area contributed by atoms with E-state index in [1.807, 2.05) is 17.8 Å². The van der Waals surface area contributed by atoms with Crippen molar-refractivity contribution in [3.63, 3.8) is 0 Å². The van der Waals surface area contributed by atoms with Crippen LogP contribution in [0.3, 0.4) is 0 Å². The van der Waals surface area contributed by atoms with E-state index < -0.39 is 5.97 Å². The van der Waals surface area contributed by atoms with Gasteiger partial charge in [-0.3, -0.25) is 4.68 Å². The Morgan fingerprint density at radius 1 is 1.43 bits per heavy atom. The summed E-state index contributed by atoms with van der Waals surface area (Å²) >= 11 is 0. The number of aryl methyl sites for hydroxylation is 1. The Bertz CT molecular complexity index is 714. The fraction of sp³-hybridized carbons (Fsp3) is 0.500. The van der Waals surface area contributed by atoms with E-state index in [-0.39, 0.29) is 11.7 Å². The molecule has 0 spiro atoms. The molecule has 0 bridgehead atoms. The Kier molecular flexibility index (Phi) is 2.57. The van der Waals surface area contributed by atoms with Crippen molar-refractivity contribution in [3.8, 4) is 17.1 Å². The van der Waals surface area contributed by atoms with Crippen LogP contribution in [0.25, 0.3) is 11.3 Å². The van der Waals surface area contributed by atoms with E-state index in [0.717, 1.165) is 24.8 Å². The quantitative estimate of drug-likeness (QED) is 0.933.